The van der Waals surface area contributed by atoms with Crippen LogP contribution in [0.2, 0.25) is 12.1 Å². The quantitative estimate of drug-likeness (QED) is 0.424. The Morgan fingerprint density at radius 3 is 2.08 bits per heavy atom. The summed E-state index contributed by atoms with van der Waals surface area (Å²) in [6, 6.07) is 2.67. The highest BCUT2D eigenvalue weighted by molar-refractivity contribution is 6.51. The van der Waals surface area contributed by atoms with Crippen LogP contribution in [0.4, 0.5) is 0 Å². The first-order valence-corrected chi connectivity index (χ1v) is 7.56. The normalized spacial score (nSPS) is 11.1. The van der Waals surface area contributed by atoms with Crippen LogP contribution in [0.25, 0.3) is 0 Å². The highest BCUT2D eigenvalue weighted by Gasteiger charge is 2.08. The minimum absolute atomic E-state index is 0.832. The Hall–Kier alpha value is 0.137. The van der Waals surface area contributed by atoms with Crippen molar-refractivity contribution in [1.82, 2.24) is 0 Å². The zero-order valence-electron chi connectivity index (χ0n) is 9.34. The van der Waals surface area contributed by atoms with Gasteiger partial charge >= 0.3 is 0 Å². The monoisotopic (exact) mass is 204 g/mol. The van der Waals surface area contributed by atoms with Crippen LogP contribution in [0, 0.1) is 0 Å². The van der Waals surface area contributed by atoms with Crippen molar-refractivity contribution in [3.8, 4) is 0 Å². The summed E-state index contributed by atoms with van der Waals surface area (Å²) in [6.45, 7) is 6.23. The average Bonchev–Trinajstić information content (AvgIpc) is 2.13. The minimum Gasteiger partial charge on any atom is -0.420 e. The molecule has 0 bridgehead atoms. The first kappa shape index (κ1) is 13.1. The number of ether oxygens (including phenoxy) is 1. The maximum absolute atomic E-state index is 5.88. The number of hydrogen-bond donors (Lipinski definition) is 0. The Morgan fingerprint density at radius 1 is 1.00 bits per heavy atom. The molecule has 0 rings (SSSR count). The molecule has 13 heavy (non-hydrogen) atoms. The molecule has 0 aromatic rings. The van der Waals surface area contributed by atoms with Crippen LogP contribution in [-0.2, 0) is 9.16 Å². The Morgan fingerprint density at radius 2 is 1.62 bits per heavy atom. The van der Waals surface area contributed by atoms with E-state index in [1.165, 1.54) is 24.9 Å². The van der Waals surface area contributed by atoms with Gasteiger partial charge in [-0.05, 0) is 18.5 Å². The smallest absolute Gasteiger partial charge is 0.176 e. The first-order valence-electron chi connectivity index (χ1n) is 5.45. The summed E-state index contributed by atoms with van der Waals surface area (Å²) >= 11 is 0. The molecule has 0 aromatic heterocycles. The fraction of sp³-hybridized carbons (Fsp3) is 1.00. The molecule has 0 atom stereocenters. The van der Waals surface area contributed by atoms with Crippen LogP contribution < -0.4 is 0 Å². The molecule has 80 valence electrons. The Kier molecular flexibility index (Phi) is 10.3. The van der Waals surface area contributed by atoms with E-state index < -0.39 is 9.04 Å². The third-order valence-corrected chi connectivity index (χ3v) is 5.22. The molecular weight excluding hydrogens is 180 g/mol. The molecule has 0 amide bonds. The minimum atomic E-state index is -0.832. The van der Waals surface area contributed by atoms with E-state index in [1.807, 2.05) is 0 Å². The van der Waals surface area contributed by atoms with Gasteiger partial charge in [-0.25, -0.2) is 0 Å². The molecule has 0 saturated carbocycles. The Bertz CT molecular complexity index is 92.9. The van der Waals surface area contributed by atoms with Crippen LogP contribution in [-0.4, -0.2) is 29.4 Å². The van der Waals surface area contributed by atoms with Gasteiger partial charge in [0.15, 0.2) is 9.04 Å². The van der Waals surface area contributed by atoms with Crippen molar-refractivity contribution in [2.45, 2.75) is 45.2 Å². The summed E-state index contributed by atoms with van der Waals surface area (Å²) in [5, 5.41) is 0. The van der Waals surface area contributed by atoms with Crippen molar-refractivity contribution in [2.75, 3.05) is 20.3 Å². The topological polar surface area (TPSA) is 18.5 Å². The summed E-state index contributed by atoms with van der Waals surface area (Å²) < 4.78 is 10.9. The van der Waals surface area contributed by atoms with E-state index in [1.54, 1.807) is 7.11 Å². The van der Waals surface area contributed by atoms with Crippen LogP contribution in [0.1, 0.15) is 33.1 Å². The number of rotatable bonds is 9. The van der Waals surface area contributed by atoms with E-state index in [4.69, 9.17) is 9.16 Å². The molecule has 0 aliphatic heterocycles. The zero-order valence-corrected chi connectivity index (χ0v) is 10.5. The summed E-state index contributed by atoms with van der Waals surface area (Å²) in [5.74, 6) is 0. The lowest BCUT2D eigenvalue weighted by atomic mass is 10.5. The summed E-state index contributed by atoms with van der Waals surface area (Å²) in [4.78, 5) is 0. The van der Waals surface area contributed by atoms with E-state index in [9.17, 15) is 0 Å². The fourth-order valence-corrected chi connectivity index (χ4v) is 3.82. The molecule has 0 fully saturated rings. The van der Waals surface area contributed by atoms with Crippen LogP contribution in [0.15, 0.2) is 0 Å². The van der Waals surface area contributed by atoms with Crippen molar-refractivity contribution in [3.63, 3.8) is 0 Å². The molecule has 0 aliphatic rings. The molecule has 0 aliphatic carbocycles. The standard InChI is InChI=1S/C10H24O2Si/c1-4-9-13(10-5-2)12-8-6-7-11-3/h13H,4-10H2,1-3H3. The van der Waals surface area contributed by atoms with E-state index in [0.29, 0.717) is 0 Å². The van der Waals surface area contributed by atoms with Crippen LogP contribution in [0.5, 0.6) is 0 Å². The maximum Gasteiger partial charge on any atom is 0.176 e. The number of methoxy groups -OCH3 is 1. The Labute approximate surface area is 84.4 Å². The van der Waals surface area contributed by atoms with Gasteiger partial charge in [-0.3, -0.25) is 0 Å². The summed E-state index contributed by atoms with van der Waals surface area (Å²) in [5.41, 5.74) is 0. The molecule has 0 aromatic carbocycles. The lowest BCUT2D eigenvalue weighted by molar-refractivity contribution is 0.171. The number of hydrogen-bond acceptors (Lipinski definition) is 2. The van der Waals surface area contributed by atoms with E-state index in [0.717, 1.165) is 19.6 Å². The van der Waals surface area contributed by atoms with Gasteiger partial charge in [0.05, 0.1) is 0 Å². The first-order chi connectivity index (χ1) is 6.35. The van der Waals surface area contributed by atoms with Crippen molar-refractivity contribution >= 4 is 9.04 Å². The van der Waals surface area contributed by atoms with E-state index in [2.05, 4.69) is 13.8 Å². The molecule has 2 nitrogen and oxygen atoms in total. The lowest BCUT2D eigenvalue weighted by Gasteiger charge is -2.14. The summed E-state index contributed by atoms with van der Waals surface area (Å²) in [7, 11) is 0.911. The van der Waals surface area contributed by atoms with Crippen LogP contribution >= 0.6 is 0 Å². The van der Waals surface area contributed by atoms with Gasteiger partial charge in [-0.2, -0.15) is 0 Å². The van der Waals surface area contributed by atoms with Crippen LogP contribution in [0.3, 0.4) is 0 Å². The van der Waals surface area contributed by atoms with Gasteiger partial charge in [-0.15, -0.1) is 0 Å². The predicted molar refractivity (Wildman–Crippen MR) is 59.8 cm³/mol. The molecule has 0 heterocycles. The van der Waals surface area contributed by atoms with E-state index >= 15 is 0 Å². The van der Waals surface area contributed by atoms with Crippen molar-refractivity contribution in [1.29, 1.82) is 0 Å². The van der Waals surface area contributed by atoms with Gasteiger partial charge in [-0.1, -0.05) is 26.7 Å². The second-order valence-corrected chi connectivity index (χ2v) is 6.15. The van der Waals surface area contributed by atoms with Crippen molar-refractivity contribution in [3.05, 3.63) is 0 Å². The second-order valence-electron chi connectivity index (χ2n) is 3.42. The molecule has 0 N–H and O–H groups in total. The van der Waals surface area contributed by atoms with Crippen molar-refractivity contribution < 1.29 is 9.16 Å². The fourth-order valence-electron chi connectivity index (χ4n) is 1.41. The largest absolute Gasteiger partial charge is 0.420 e. The average molecular weight is 204 g/mol. The predicted octanol–water partition coefficient (Wildman–Crippen LogP) is 2.58. The Balaban J connectivity index is 3.33. The third-order valence-electron chi connectivity index (χ3n) is 2.07. The molecule has 0 saturated heterocycles. The van der Waals surface area contributed by atoms with Gasteiger partial charge in [0.25, 0.3) is 0 Å². The molecule has 0 radical (unpaired) electrons. The van der Waals surface area contributed by atoms with Gasteiger partial charge in [0.2, 0.25) is 0 Å². The highest BCUT2D eigenvalue weighted by Crippen LogP contribution is 2.07. The third kappa shape index (κ3) is 8.47. The lowest BCUT2D eigenvalue weighted by Crippen LogP contribution is -2.18. The van der Waals surface area contributed by atoms with E-state index in [-0.39, 0.29) is 0 Å². The van der Waals surface area contributed by atoms with Crippen molar-refractivity contribution in [2.24, 2.45) is 0 Å². The maximum atomic E-state index is 5.88. The second kappa shape index (κ2) is 10.2. The summed E-state index contributed by atoms with van der Waals surface area (Å²) in [6.07, 6.45) is 3.61. The van der Waals surface area contributed by atoms with Gasteiger partial charge in [0, 0.05) is 20.3 Å². The molecular formula is C10H24O2Si. The SMILES string of the molecule is CCC[SiH](CCC)OCCCOC. The van der Waals surface area contributed by atoms with Gasteiger partial charge in [0.1, 0.15) is 0 Å². The highest BCUT2D eigenvalue weighted by atomic mass is 28.3. The zero-order chi connectivity index (χ0) is 9.94. The molecule has 3 heteroatoms. The molecule has 0 spiro atoms. The molecule has 0 unspecified atom stereocenters. The van der Waals surface area contributed by atoms with Gasteiger partial charge < -0.3 is 9.16 Å².